The molecular formula is C18H17BrF2N2O. The maximum Gasteiger partial charge on any atom is 0.387 e. The fraction of sp³-hybridized carbons (Fsp3) is 0.333. The standard InChI is InChI=1S/C18H17BrF2N2O/c19-11-3-6-13-14-7-8-22-16(17(14)23-15(13)9-11)10-1-4-12(5-2-10)24-18(20)21/h1-2,4-6,9,11,16,18,22-23H,3,7-8H2. The number of H-pyrrole nitrogens is 1. The van der Waals surface area contributed by atoms with Crippen LogP contribution in [0.5, 0.6) is 5.75 Å². The van der Waals surface area contributed by atoms with Gasteiger partial charge in [-0.3, -0.25) is 0 Å². The molecular weight excluding hydrogens is 378 g/mol. The van der Waals surface area contributed by atoms with E-state index in [2.05, 4.69) is 43.1 Å². The molecule has 2 atom stereocenters. The van der Waals surface area contributed by atoms with E-state index < -0.39 is 6.61 Å². The van der Waals surface area contributed by atoms with Gasteiger partial charge < -0.3 is 15.0 Å². The number of benzene rings is 1. The van der Waals surface area contributed by atoms with Gasteiger partial charge in [-0.1, -0.05) is 34.1 Å². The third-order valence-corrected chi connectivity index (χ3v) is 5.19. The maximum absolute atomic E-state index is 12.3. The Bertz CT molecular complexity index is 860. The van der Waals surface area contributed by atoms with Crippen LogP contribution in [0, 0.1) is 0 Å². The van der Waals surface area contributed by atoms with Crippen LogP contribution in [0.3, 0.4) is 0 Å². The van der Waals surface area contributed by atoms with Gasteiger partial charge in [-0.25, -0.2) is 0 Å². The van der Waals surface area contributed by atoms with Crippen molar-refractivity contribution >= 4 is 28.1 Å². The van der Waals surface area contributed by atoms with Crippen molar-refractivity contribution in [2.45, 2.75) is 30.3 Å². The molecule has 2 N–H and O–H groups in total. The Balaban J connectivity index is 1.71. The molecule has 6 heteroatoms. The first kappa shape index (κ1) is 15.8. The van der Waals surface area contributed by atoms with Crippen LogP contribution in [0.15, 0.2) is 24.3 Å². The van der Waals surface area contributed by atoms with Crippen LogP contribution in [0.4, 0.5) is 8.78 Å². The van der Waals surface area contributed by atoms with Gasteiger partial charge in [0.25, 0.3) is 0 Å². The van der Waals surface area contributed by atoms with Crippen molar-refractivity contribution in [1.29, 1.82) is 0 Å². The molecule has 4 rings (SSSR count). The molecule has 2 aromatic rings. The highest BCUT2D eigenvalue weighted by molar-refractivity contribution is 9.09. The number of nitrogens with one attached hydrogen (secondary N) is 2. The van der Waals surface area contributed by atoms with Crippen LogP contribution >= 0.6 is 15.9 Å². The van der Waals surface area contributed by atoms with Gasteiger partial charge in [-0.2, -0.15) is 8.78 Å². The van der Waals surface area contributed by atoms with Gasteiger partial charge in [0, 0.05) is 22.4 Å². The van der Waals surface area contributed by atoms with Crippen molar-refractivity contribution in [3.8, 4) is 5.75 Å². The van der Waals surface area contributed by atoms with Crippen LogP contribution in [0.2, 0.25) is 0 Å². The highest BCUT2D eigenvalue weighted by Crippen LogP contribution is 2.27. The van der Waals surface area contributed by atoms with Crippen molar-refractivity contribution < 1.29 is 13.5 Å². The third kappa shape index (κ3) is 2.89. The molecule has 1 aliphatic carbocycles. The molecule has 0 saturated carbocycles. The Hall–Kier alpha value is -1.66. The quantitative estimate of drug-likeness (QED) is 0.785. The van der Waals surface area contributed by atoms with E-state index in [0.717, 1.165) is 24.9 Å². The van der Waals surface area contributed by atoms with E-state index in [1.165, 1.54) is 21.8 Å². The normalized spacial score (nSPS) is 22.3. The van der Waals surface area contributed by atoms with Gasteiger partial charge in [0.05, 0.1) is 6.04 Å². The predicted octanol–water partition coefficient (Wildman–Crippen LogP) is 2.58. The number of aromatic nitrogens is 1. The number of ether oxygens (including phenoxy) is 1. The van der Waals surface area contributed by atoms with E-state index in [1.54, 1.807) is 12.1 Å². The topological polar surface area (TPSA) is 37.0 Å². The lowest BCUT2D eigenvalue weighted by Gasteiger charge is -2.25. The first-order valence-electron chi connectivity index (χ1n) is 7.97. The monoisotopic (exact) mass is 394 g/mol. The fourth-order valence-corrected chi connectivity index (χ4v) is 3.98. The summed E-state index contributed by atoms with van der Waals surface area (Å²) in [4.78, 5) is 3.91. The zero-order valence-corrected chi connectivity index (χ0v) is 14.4. The largest absolute Gasteiger partial charge is 0.435 e. The van der Waals surface area contributed by atoms with Crippen molar-refractivity contribution in [1.82, 2.24) is 10.3 Å². The average molecular weight is 395 g/mol. The number of alkyl halides is 3. The van der Waals surface area contributed by atoms with Crippen LogP contribution in [-0.4, -0.2) is 23.0 Å². The van der Waals surface area contributed by atoms with Gasteiger partial charge in [0.1, 0.15) is 5.75 Å². The summed E-state index contributed by atoms with van der Waals surface area (Å²) in [7, 11) is 0. The molecule has 2 aliphatic rings. The Morgan fingerprint density at radius 1 is 1.21 bits per heavy atom. The number of fused-ring (bicyclic) bond motifs is 3. The molecule has 1 aliphatic heterocycles. The minimum atomic E-state index is -2.80. The van der Waals surface area contributed by atoms with Crippen LogP contribution < -0.4 is 20.6 Å². The Morgan fingerprint density at radius 3 is 2.75 bits per heavy atom. The Morgan fingerprint density at radius 2 is 2.00 bits per heavy atom. The molecule has 3 nitrogen and oxygen atoms in total. The van der Waals surface area contributed by atoms with E-state index in [9.17, 15) is 8.78 Å². The minimum absolute atomic E-state index is 0.0375. The molecule has 0 saturated heterocycles. The average Bonchev–Trinajstić information content (AvgIpc) is 2.92. The van der Waals surface area contributed by atoms with E-state index in [1.807, 2.05) is 12.1 Å². The predicted molar refractivity (Wildman–Crippen MR) is 92.9 cm³/mol. The second-order valence-corrected chi connectivity index (χ2v) is 7.23. The zero-order valence-electron chi connectivity index (χ0n) is 12.9. The first-order chi connectivity index (χ1) is 11.6. The van der Waals surface area contributed by atoms with Crippen molar-refractivity contribution in [3.05, 3.63) is 51.7 Å². The molecule has 2 heterocycles. The lowest BCUT2D eigenvalue weighted by atomic mass is 9.94. The van der Waals surface area contributed by atoms with E-state index >= 15 is 0 Å². The zero-order chi connectivity index (χ0) is 16.7. The molecule has 0 spiro atoms. The highest BCUT2D eigenvalue weighted by Gasteiger charge is 2.25. The number of hydrogen-bond donors (Lipinski definition) is 2. The molecule has 2 unspecified atom stereocenters. The Kier molecular flexibility index (Phi) is 4.18. The molecule has 0 fully saturated rings. The Labute approximate surface area is 146 Å². The number of halogens is 3. The molecule has 1 aromatic heterocycles. The fourth-order valence-electron chi connectivity index (χ4n) is 3.52. The minimum Gasteiger partial charge on any atom is -0.435 e. The molecule has 0 radical (unpaired) electrons. The van der Waals surface area contributed by atoms with Gasteiger partial charge in [-0.05, 0) is 47.4 Å². The van der Waals surface area contributed by atoms with Crippen LogP contribution in [0.1, 0.15) is 29.3 Å². The van der Waals surface area contributed by atoms with Crippen molar-refractivity contribution in [3.63, 3.8) is 0 Å². The second kappa shape index (κ2) is 6.33. The van der Waals surface area contributed by atoms with Gasteiger partial charge in [0.2, 0.25) is 0 Å². The third-order valence-electron chi connectivity index (χ3n) is 4.56. The first-order valence-corrected chi connectivity index (χ1v) is 8.88. The highest BCUT2D eigenvalue weighted by atomic mass is 79.9. The van der Waals surface area contributed by atoms with Gasteiger partial charge >= 0.3 is 6.61 Å². The number of hydrogen-bond acceptors (Lipinski definition) is 2. The van der Waals surface area contributed by atoms with Gasteiger partial charge in [0.15, 0.2) is 0 Å². The van der Waals surface area contributed by atoms with Crippen molar-refractivity contribution in [2.75, 3.05) is 6.54 Å². The molecule has 1 aromatic carbocycles. The van der Waals surface area contributed by atoms with E-state index in [0.29, 0.717) is 4.83 Å². The van der Waals surface area contributed by atoms with Crippen LogP contribution in [0.25, 0.3) is 12.2 Å². The van der Waals surface area contributed by atoms with E-state index in [4.69, 9.17) is 0 Å². The summed E-state index contributed by atoms with van der Waals surface area (Å²) in [5.74, 6) is 0.180. The van der Waals surface area contributed by atoms with Crippen LogP contribution in [-0.2, 0) is 6.42 Å². The summed E-state index contributed by atoms with van der Waals surface area (Å²) in [6, 6.07) is 6.89. The van der Waals surface area contributed by atoms with Gasteiger partial charge in [-0.15, -0.1) is 0 Å². The number of aromatic amines is 1. The maximum atomic E-state index is 12.3. The lowest BCUT2D eigenvalue weighted by Crippen LogP contribution is -2.33. The second-order valence-electron chi connectivity index (χ2n) is 6.05. The van der Waals surface area contributed by atoms with Crippen molar-refractivity contribution in [2.24, 2.45) is 0 Å². The summed E-state index contributed by atoms with van der Waals surface area (Å²) >= 11 is 3.64. The summed E-state index contributed by atoms with van der Waals surface area (Å²) in [6.07, 6.45) is 6.48. The number of rotatable bonds is 3. The lowest BCUT2D eigenvalue weighted by molar-refractivity contribution is -0.0498. The summed E-state index contributed by atoms with van der Waals surface area (Å²) in [5.41, 5.74) is 3.56. The summed E-state index contributed by atoms with van der Waals surface area (Å²) in [6.45, 7) is -1.91. The summed E-state index contributed by atoms with van der Waals surface area (Å²) < 4.78 is 29.0. The molecule has 0 bridgehead atoms. The SMILES string of the molecule is FC(F)Oc1ccc(C2NCCc3c2[nH]c2c3=CCC(Br)C=2)cc1. The molecule has 24 heavy (non-hydrogen) atoms. The molecule has 126 valence electrons. The smallest absolute Gasteiger partial charge is 0.387 e. The van der Waals surface area contributed by atoms with E-state index in [-0.39, 0.29) is 11.8 Å². The summed E-state index contributed by atoms with van der Waals surface area (Å²) in [5, 5.41) is 5.99. The molecule has 0 amide bonds.